The molecule has 0 atom stereocenters. The number of aryl methyl sites for hydroxylation is 1. The lowest BCUT2D eigenvalue weighted by Crippen LogP contribution is -2.51. The van der Waals surface area contributed by atoms with Crippen LogP contribution in [-0.2, 0) is 18.4 Å². The first-order valence-electron chi connectivity index (χ1n) is 5.37. The summed E-state index contributed by atoms with van der Waals surface area (Å²) in [5, 5.41) is 16.2. The summed E-state index contributed by atoms with van der Waals surface area (Å²) < 4.78 is 1.63. The van der Waals surface area contributed by atoms with Crippen molar-refractivity contribution in [3.05, 3.63) is 12.2 Å². The Balaban J connectivity index is 2.71. The highest BCUT2D eigenvalue weighted by Gasteiger charge is 2.34. The SMILES string of the molecule is CCC(CC)(NCc1ncnn1C)C(=O)O. The van der Waals surface area contributed by atoms with Crippen LogP contribution in [0.4, 0.5) is 0 Å². The lowest BCUT2D eigenvalue weighted by molar-refractivity contribution is -0.145. The van der Waals surface area contributed by atoms with Gasteiger partial charge in [0, 0.05) is 7.05 Å². The smallest absolute Gasteiger partial charge is 0.323 e. The predicted molar refractivity (Wildman–Crippen MR) is 58.8 cm³/mol. The molecule has 2 N–H and O–H groups in total. The molecule has 0 saturated heterocycles. The summed E-state index contributed by atoms with van der Waals surface area (Å²) in [6, 6.07) is 0. The maximum Gasteiger partial charge on any atom is 0.323 e. The van der Waals surface area contributed by atoms with E-state index in [1.54, 1.807) is 11.7 Å². The molecule has 0 aliphatic heterocycles. The van der Waals surface area contributed by atoms with Crippen LogP contribution in [0.3, 0.4) is 0 Å². The van der Waals surface area contributed by atoms with E-state index < -0.39 is 11.5 Å². The van der Waals surface area contributed by atoms with E-state index in [1.165, 1.54) is 6.33 Å². The van der Waals surface area contributed by atoms with Gasteiger partial charge in [-0.3, -0.25) is 14.8 Å². The molecule has 0 aliphatic rings. The Morgan fingerprint density at radius 2 is 2.19 bits per heavy atom. The van der Waals surface area contributed by atoms with Crippen molar-refractivity contribution in [2.24, 2.45) is 7.05 Å². The maximum atomic E-state index is 11.2. The summed E-state index contributed by atoms with van der Waals surface area (Å²) in [6.45, 7) is 4.13. The molecule has 0 fully saturated rings. The maximum absolute atomic E-state index is 11.2. The van der Waals surface area contributed by atoms with E-state index in [9.17, 15) is 9.90 Å². The minimum Gasteiger partial charge on any atom is -0.480 e. The number of carboxylic acids is 1. The minimum atomic E-state index is -0.869. The van der Waals surface area contributed by atoms with E-state index in [0.29, 0.717) is 19.4 Å². The van der Waals surface area contributed by atoms with Crippen molar-refractivity contribution in [2.75, 3.05) is 0 Å². The Morgan fingerprint density at radius 3 is 2.56 bits per heavy atom. The fourth-order valence-electron chi connectivity index (χ4n) is 1.61. The monoisotopic (exact) mass is 226 g/mol. The molecule has 1 aromatic heterocycles. The molecule has 0 amide bonds. The molecule has 6 heteroatoms. The Labute approximate surface area is 94.7 Å². The Bertz CT molecular complexity index is 357. The van der Waals surface area contributed by atoms with Gasteiger partial charge in [0.15, 0.2) is 0 Å². The Morgan fingerprint density at radius 1 is 1.56 bits per heavy atom. The molecule has 0 bridgehead atoms. The van der Waals surface area contributed by atoms with Gasteiger partial charge in [-0.25, -0.2) is 4.98 Å². The van der Waals surface area contributed by atoms with E-state index >= 15 is 0 Å². The number of nitrogens with zero attached hydrogens (tertiary/aromatic N) is 3. The Hall–Kier alpha value is -1.43. The average molecular weight is 226 g/mol. The highest BCUT2D eigenvalue weighted by Crippen LogP contribution is 2.15. The second kappa shape index (κ2) is 5.07. The van der Waals surface area contributed by atoms with Crippen LogP contribution in [0.2, 0.25) is 0 Å². The zero-order valence-electron chi connectivity index (χ0n) is 9.90. The first-order valence-corrected chi connectivity index (χ1v) is 5.37. The van der Waals surface area contributed by atoms with Crippen molar-refractivity contribution in [3.8, 4) is 0 Å². The third-order valence-corrected chi connectivity index (χ3v) is 3.01. The summed E-state index contributed by atoms with van der Waals surface area (Å²) in [6.07, 6.45) is 2.53. The predicted octanol–water partition coefficient (Wildman–Crippen LogP) is 0.548. The van der Waals surface area contributed by atoms with E-state index in [4.69, 9.17) is 0 Å². The summed E-state index contributed by atoms with van der Waals surface area (Å²) in [5.74, 6) is -0.0906. The average Bonchev–Trinajstić information content (AvgIpc) is 2.66. The molecule has 6 nitrogen and oxygen atoms in total. The number of hydrogen-bond donors (Lipinski definition) is 2. The number of carbonyl (C=O) groups is 1. The first kappa shape index (κ1) is 12.6. The van der Waals surface area contributed by atoms with E-state index in [1.807, 2.05) is 13.8 Å². The second-order valence-electron chi connectivity index (χ2n) is 3.75. The van der Waals surface area contributed by atoms with Crippen LogP contribution in [0, 0.1) is 0 Å². The zero-order valence-corrected chi connectivity index (χ0v) is 9.90. The van der Waals surface area contributed by atoms with Crippen molar-refractivity contribution in [1.29, 1.82) is 0 Å². The summed E-state index contributed by atoms with van der Waals surface area (Å²) in [5.41, 5.74) is -0.869. The van der Waals surface area contributed by atoms with Gasteiger partial charge in [0.1, 0.15) is 17.7 Å². The van der Waals surface area contributed by atoms with Crippen molar-refractivity contribution in [3.63, 3.8) is 0 Å². The number of nitrogens with one attached hydrogen (secondary N) is 1. The van der Waals surface area contributed by atoms with Crippen molar-refractivity contribution in [1.82, 2.24) is 20.1 Å². The molecule has 0 aliphatic carbocycles. The molecule has 0 spiro atoms. The van der Waals surface area contributed by atoms with Crippen LogP contribution in [-0.4, -0.2) is 31.4 Å². The van der Waals surface area contributed by atoms with Crippen molar-refractivity contribution < 1.29 is 9.90 Å². The highest BCUT2D eigenvalue weighted by atomic mass is 16.4. The molecule has 0 aromatic carbocycles. The van der Waals surface area contributed by atoms with Crippen molar-refractivity contribution in [2.45, 2.75) is 38.8 Å². The van der Waals surface area contributed by atoms with Crippen LogP contribution in [0.25, 0.3) is 0 Å². The van der Waals surface area contributed by atoms with Gasteiger partial charge in [0.25, 0.3) is 0 Å². The highest BCUT2D eigenvalue weighted by molar-refractivity contribution is 5.78. The molecular weight excluding hydrogens is 208 g/mol. The molecule has 0 radical (unpaired) electrons. The minimum absolute atomic E-state index is 0.407. The van der Waals surface area contributed by atoms with Gasteiger partial charge in [-0.05, 0) is 12.8 Å². The van der Waals surface area contributed by atoms with Gasteiger partial charge in [-0.15, -0.1) is 0 Å². The lowest BCUT2D eigenvalue weighted by atomic mass is 9.93. The van der Waals surface area contributed by atoms with Gasteiger partial charge in [0.2, 0.25) is 0 Å². The summed E-state index contributed by atoms with van der Waals surface area (Å²) in [7, 11) is 1.78. The quantitative estimate of drug-likeness (QED) is 0.740. The number of hydrogen-bond acceptors (Lipinski definition) is 4. The topological polar surface area (TPSA) is 80.0 Å². The number of carboxylic acid groups (broad SMARTS) is 1. The molecule has 1 rings (SSSR count). The van der Waals surface area contributed by atoms with Crippen LogP contribution < -0.4 is 5.32 Å². The van der Waals surface area contributed by atoms with Crippen LogP contribution in [0.5, 0.6) is 0 Å². The molecule has 0 saturated carbocycles. The van der Waals surface area contributed by atoms with Crippen LogP contribution >= 0.6 is 0 Å². The van der Waals surface area contributed by atoms with Gasteiger partial charge in [0.05, 0.1) is 6.54 Å². The molecule has 90 valence electrons. The molecule has 16 heavy (non-hydrogen) atoms. The normalized spacial score (nSPS) is 11.7. The van der Waals surface area contributed by atoms with Gasteiger partial charge in [-0.2, -0.15) is 5.10 Å². The fourth-order valence-corrected chi connectivity index (χ4v) is 1.61. The molecule has 0 unspecified atom stereocenters. The van der Waals surface area contributed by atoms with Crippen LogP contribution in [0.15, 0.2) is 6.33 Å². The number of aromatic nitrogens is 3. The summed E-state index contributed by atoms with van der Waals surface area (Å²) in [4.78, 5) is 15.3. The van der Waals surface area contributed by atoms with Gasteiger partial charge < -0.3 is 5.11 Å². The number of rotatable bonds is 6. The zero-order chi connectivity index (χ0) is 12.2. The lowest BCUT2D eigenvalue weighted by Gasteiger charge is -2.27. The van der Waals surface area contributed by atoms with Crippen molar-refractivity contribution >= 4 is 5.97 Å². The van der Waals surface area contributed by atoms with E-state index in [0.717, 1.165) is 5.82 Å². The van der Waals surface area contributed by atoms with E-state index in [2.05, 4.69) is 15.4 Å². The Kier molecular flexibility index (Phi) is 4.00. The van der Waals surface area contributed by atoms with Crippen LogP contribution in [0.1, 0.15) is 32.5 Å². The molecule has 1 heterocycles. The van der Waals surface area contributed by atoms with E-state index in [-0.39, 0.29) is 0 Å². The molecule has 1 aromatic rings. The third kappa shape index (κ3) is 2.38. The molecular formula is C10H18N4O2. The largest absolute Gasteiger partial charge is 0.480 e. The standard InChI is InChI=1S/C10H18N4O2/c1-4-10(5-2,9(15)16)12-6-8-11-7-13-14(8)3/h7,12H,4-6H2,1-3H3,(H,15,16). The fraction of sp³-hybridized carbons (Fsp3) is 0.700. The van der Waals surface area contributed by atoms with Gasteiger partial charge in [-0.1, -0.05) is 13.8 Å². The third-order valence-electron chi connectivity index (χ3n) is 3.01. The second-order valence-corrected chi connectivity index (χ2v) is 3.75. The first-order chi connectivity index (χ1) is 7.55. The summed E-state index contributed by atoms with van der Waals surface area (Å²) >= 11 is 0. The number of aliphatic carboxylic acids is 1. The van der Waals surface area contributed by atoms with Gasteiger partial charge >= 0.3 is 5.97 Å².